The lowest BCUT2D eigenvalue weighted by atomic mass is 10.3. The summed E-state index contributed by atoms with van der Waals surface area (Å²) in [5.41, 5.74) is 2.83. The topological polar surface area (TPSA) is 39.4 Å². The molecule has 0 unspecified atom stereocenters. The van der Waals surface area contributed by atoms with Crippen LogP contribution >= 0.6 is 0 Å². The zero-order valence-electron chi connectivity index (χ0n) is 8.21. The standard InChI is InChI=1S/C11H9N3O/c1-15-8-2-3-10-9(6-8)13-11-7-12-4-5-14(10)11/h2-7H,1H3. The fraction of sp³-hybridized carbons (Fsp3) is 0.0909. The number of ether oxygens (including phenoxy) is 1. The minimum absolute atomic E-state index is 0.818. The number of methoxy groups -OCH3 is 1. The van der Waals surface area contributed by atoms with Crippen molar-refractivity contribution in [3.05, 3.63) is 36.8 Å². The Balaban J connectivity index is 2.43. The SMILES string of the molecule is COc1ccc2c(c1)nc1cnccn12. The molecule has 0 saturated carbocycles. The van der Waals surface area contributed by atoms with Crippen LogP contribution in [0, 0.1) is 0 Å². The van der Waals surface area contributed by atoms with Crippen LogP contribution in [-0.4, -0.2) is 21.5 Å². The van der Waals surface area contributed by atoms with Crippen molar-refractivity contribution in [2.75, 3.05) is 7.11 Å². The van der Waals surface area contributed by atoms with E-state index in [9.17, 15) is 0 Å². The molecule has 74 valence electrons. The average Bonchev–Trinajstić information content (AvgIpc) is 2.66. The molecule has 2 aromatic heterocycles. The van der Waals surface area contributed by atoms with E-state index in [2.05, 4.69) is 9.97 Å². The Bertz CT molecular complexity index is 630. The zero-order chi connectivity index (χ0) is 10.3. The maximum absolute atomic E-state index is 5.15. The van der Waals surface area contributed by atoms with Crippen LogP contribution in [0.2, 0.25) is 0 Å². The first-order valence-electron chi connectivity index (χ1n) is 4.64. The predicted molar refractivity (Wildman–Crippen MR) is 57.0 cm³/mol. The van der Waals surface area contributed by atoms with Crippen LogP contribution in [0.5, 0.6) is 5.75 Å². The molecule has 0 aliphatic rings. The Hall–Kier alpha value is -2.10. The number of imidazole rings is 1. The number of nitrogens with zero attached hydrogens (tertiary/aromatic N) is 3. The van der Waals surface area contributed by atoms with Crippen molar-refractivity contribution in [1.29, 1.82) is 0 Å². The summed E-state index contributed by atoms with van der Waals surface area (Å²) >= 11 is 0. The van der Waals surface area contributed by atoms with Crippen molar-refractivity contribution in [3.8, 4) is 5.75 Å². The van der Waals surface area contributed by atoms with E-state index < -0.39 is 0 Å². The molecule has 0 aliphatic heterocycles. The number of benzene rings is 1. The van der Waals surface area contributed by atoms with Gasteiger partial charge < -0.3 is 4.74 Å². The second-order valence-corrected chi connectivity index (χ2v) is 3.27. The van der Waals surface area contributed by atoms with E-state index in [-0.39, 0.29) is 0 Å². The minimum Gasteiger partial charge on any atom is -0.497 e. The first-order chi connectivity index (χ1) is 7.38. The van der Waals surface area contributed by atoms with Crippen LogP contribution in [-0.2, 0) is 0 Å². The van der Waals surface area contributed by atoms with Gasteiger partial charge in [-0.05, 0) is 12.1 Å². The summed E-state index contributed by atoms with van der Waals surface area (Å²) in [4.78, 5) is 8.48. The van der Waals surface area contributed by atoms with Crippen LogP contribution in [0.4, 0.5) is 0 Å². The van der Waals surface area contributed by atoms with Gasteiger partial charge in [-0.2, -0.15) is 0 Å². The molecule has 0 fully saturated rings. The summed E-state index contributed by atoms with van der Waals surface area (Å²) in [6.45, 7) is 0. The first kappa shape index (κ1) is 8.23. The monoisotopic (exact) mass is 199 g/mol. The predicted octanol–water partition coefficient (Wildman–Crippen LogP) is 1.89. The fourth-order valence-corrected chi connectivity index (χ4v) is 1.69. The van der Waals surface area contributed by atoms with Crippen LogP contribution in [0.3, 0.4) is 0 Å². The van der Waals surface area contributed by atoms with E-state index >= 15 is 0 Å². The lowest BCUT2D eigenvalue weighted by Gasteiger charge is -1.98. The van der Waals surface area contributed by atoms with Gasteiger partial charge in [0.05, 0.1) is 24.3 Å². The van der Waals surface area contributed by atoms with Gasteiger partial charge in [0.15, 0.2) is 5.65 Å². The van der Waals surface area contributed by atoms with Crippen molar-refractivity contribution >= 4 is 16.7 Å². The van der Waals surface area contributed by atoms with E-state index in [1.807, 2.05) is 28.8 Å². The van der Waals surface area contributed by atoms with Crippen molar-refractivity contribution in [2.45, 2.75) is 0 Å². The molecule has 0 bridgehead atoms. The molecule has 2 heterocycles. The van der Waals surface area contributed by atoms with Gasteiger partial charge in [0, 0.05) is 18.5 Å². The number of hydrogen-bond donors (Lipinski definition) is 0. The van der Waals surface area contributed by atoms with Crippen LogP contribution in [0.15, 0.2) is 36.8 Å². The highest BCUT2D eigenvalue weighted by Crippen LogP contribution is 2.20. The first-order valence-corrected chi connectivity index (χ1v) is 4.64. The Labute approximate surface area is 86.1 Å². The Morgan fingerprint density at radius 3 is 3.13 bits per heavy atom. The number of fused-ring (bicyclic) bond motifs is 3. The largest absolute Gasteiger partial charge is 0.497 e. The maximum Gasteiger partial charge on any atom is 0.156 e. The quantitative estimate of drug-likeness (QED) is 0.600. The zero-order valence-corrected chi connectivity index (χ0v) is 8.21. The van der Waals surface area contributed by atoms with E-state index in [0.717, 1.165) is 22.4 Å². The molecule has 3 rings (SSSR count). The average molecular weight is 199 g/mol. The van der Waals surface area contributed by atoms with Gasteiger partial charge in [0.2, 0.25) is 0 Å². The van der Waals surface area contributed by atoms with Gasteiger partial charge in [-0.15, -0.1) is 0 Å². The molecule has 4 nitrogen and oxygen atoms in total. The fourth-order valence-electron chi connectivity index (χ4n) is 1.69. The maximum atomic E-state index is 5.15. The van der Waals surface area contributed by atoms with E-state index in [1.54, 1.807) is 19.5 Å². The lowest BCUT2D eigenvalue weighted by Crippen LogP contribution is -1.84. The summed E-state index contributed by atoms with van der Waals surface area (Å²) in [5.74, 6) is 0.818. The Morgan fingerprint density at radius 2 is 2.27 bits per heavy atom. The highest BCUT2D eigenvalue weighted by atomic mass is 16.5. The third-order valence-corrected chi connectivity index (χ3v) is 2.42. The molecule has 1 aromatic carbocycles. The van der Waals surface area contributed by atoms with Gasteiger partial charge >= 0.3 is 0 Å². The molecular formula is C11H9N3O. The van der Waals surface area contributed by atoms with Gasteiger partial charge in [-0.3, -0.25) is 9.38 Å². The highest BCUT2D eigenvalue weighted by molar-refractivity contribution is 5.81. The molecular weight excluding hydrogens is 190 g/mol. The summed E-state index contributed by atoms with van der Waals surface area (Å²) in [6.07, 6.45) is 5.39. The molecule has 3 aromatic rings. The minimum atomic E-state index is 0.818. The molecule has 0 spiro atoms. The molecule has 0 aliphatic carbocycles. The van der Waals surface area contributed by atoms with E-state index in [1.165, 1.54) is 0 Å². The van der Waals surface area contributed by atoms with Gasteiger partial charge in [-0.1, -0.05) is 0 Å². The number of aromatic nitrogens is 3. The molecule has 0 atom stereocenters. The second kappa shape index (κ2) is 2.95. The van der Waals surface area contributed by atoms with Crippen molar-refractivity contribution in [1.82, 2.24) is 14.4 Å². The third-order valence-electron chi connectivity index (χ3n) is 2.42. The van der Waals surface area contributed by atoms with E-state index in [0.29, 0.717) is 0 Å². The van der Waals surface area contributed by atoms with Crippen LogP contribution in [0.25, 0.3) is 16.7 Å². The molecule has 4 heteroatoms. The summed E-state index contributed by atoms with van der Waals surface area (Å²) in [5, 5.41) is 0. The highest BCUT2D eigenvalue weighted by Gasteiger charge is 2.04. The van der Waals surface area contributed by atoms with Gasteiger partial charge in [0.25, 0.3) is 0 Å². The Morgan fingerprint density at radius 1 is 1.33 bits per heavy atom. The Kier molecular flexibility index (Phi) is 1.62. The third kappa shape index (κ3) is 1.15. The molecule has 15 heavy (non-hydrogen) atoms. The van der Waals surface area contributed by atoms with Crippen LogP contribution in [0.1, 0.15) is 0 Å². The van der Waals surface area contributed by atoms with Crippen LogP contribution < -0.4 is 4.74 Å². The molecule has 0 N–H and O–H groups in total. The summed E-state index contributed by atoms with van der Waals surface area (Å²) < 4.78 is 7.16. The number of rotatable bonds is 1. The second-order valence-electron chi connectivity index (χ2n) is 3.27. The van der Waals surface area contributed by atoms with Gasteiger partial charge in [-0.25, -0.2) is 4.98 Å². The lowest BCUT2D eigenvalue weighted by molar-refractivity contribution is 0.415. The van der Waals surface area contributed by atoms with Crippen molar-refractivity contribution < 1.29 is 4.74 Å². The molecule has 0 radical (unpaired) electrons. The molecule has 0 saturated heterocycles. The number of hydrogen-bond acceptors (Lipinski definition) is 3. The van der Waals surface area contributed by atoms with E-state index in [4.69, 9.17) is 4.74 Å². The van der Waals surface area contributed by atoms with Crippen molar-refractivity contribution in [3.63, 3.8) is 0 Å². The molecule has 0 amide bonds. The van der Waals surface area contributed by atoms with Gasteiger partial charge in [0.1, 0.15) is 5.75 Å². The normalized spacial score (nSPS) is 11.0. The van der Waals surface area contributed by atoms with Crippen molar-refractivity contribution in [2.24, 2.45) is 0 Å². The summed E-state index contributed by atoms with van der Waals surface area (Å²) in [6, 6.07) is 5.84. The summed E-state index contributed by atoms with van der Waals surface area (Å²) in [7, 11) is 1.65. The smallest absolute Gasteiger partial charge is 0.156 e.